The highest BCUT2D eigenvalue weighted by Crippen LogP contribution is 2.78. The molecule has 0 spiro atoms. The smallest absolute Gasteiger partial charge is 0.330 e. The second-order valence-electron chi connectivity index (χ2n) is 13.4. The van der Waals surface area contributed by atoms with Crippen molar-refractivity contribution in [2.45, 2.75) is 114 Å². The van der Waals surface area contributed by atoms with Crippen molar-refractivity contribution in [3.63, 3.8) is 0 Å². The predicted molar refractivity (Wildman–Crippen MR) is 156 cm³/mol. The summed E-state index contributed by atoms with van der Waals surface area (Å²) in [6.45, 7) is 13.4. The molecule has 0 radical (unpaired) electrons. The molecule has 3 aliphatic rings. The van der Waals surface area contributed by atoms with Crippen molar-refractivity contribution in [3.8, 4) is 0 Å². The van der Waals surface area contributed by atoms with Crippen LogP contribution in [0.2, 0.25) is 58.9 Å². The molecule has 3 fully saturated rings. The minimum Gasteiger partial charge on any atom is -0.330 e. The van der Waals surface area contributed by atoms with E-state index in [9.17, 15) is 75.2 Å². The lowest BCUT2D eigenvalue weighted by molar-refractivity contribution is -0.464. The topological polar surface area (TPSA) is 134 Å². The van der Waals surface area contributed by atoms with Crippen molar-refractivity contribution in [3.05, 3.63) is 0 Å². The average Bonchev–Trinajstić information content (AvgIpc) is 3.29. The van der Waals surface area contributed by atoms with Crippen molar-refractivity contribution in [1.82, 2.24) is 0 Å². The zero-order valence-corrected chi connectivity index (χ0v) is 34.0. The lowest BCUT2D eigenvalue weighted by atomic mass is 9.79. The molecule has 0 amide bonds. The van der Waals surface area contributed by atoms with Gasteiger partial charge in [0.05, 0.1) is 6.61 Å². The van der Waals surface area contributed by atoms with E-state index in [4.69, 9.17) is 12.9 Å². The molecule has 3 rings (SSSR count). The van der Waals surface area contributed by atoms with Crippen LogP contribution in [-0.2, 0) is 53.5 Å². The minimum atomic E-state index is -7.41. The van der Waals surface area contributed by atoms with Gasteiger partial charge in [-0.05, 0) is 58.9 Å². The van der Waals surface area contributed by atoms with Gasteiger partial charge in [-0.25, -0.2) is 27.0 Å². The minimum absolute atomic E-state index is 0.0862. The van der Waals surface area contributed by atoms with E-state index in [1.807, 2.05) is 39.3 Å². The van der Waals surface area contributed by atoms with Crippen LogP contribution in [0.3, 0.4) is 0 Å². The largest absolute Gasteiger partial charge is 0.467 e. The molecular formula is C20H35F14O12P3Si3. The Hall–Kier alpha value is 0.000649. The lowest BCUT2D eigenvalue weighted by Crippen LogP contribution is -2.79. The highest BCUT2D eigenvalue weighted by atomic mass is 31.2. The molecule has 0 aromatic carbocycles. The number of rotatable bonds is 6. The Bertz CT molecular complexity index is 1300. The molecule has 312 valence electrons. The van der Waals surface area contributed by atoms with Crippen LogP contribution in [0.4, 0.5) is 61.5 Å². The summed E-state index contributed by atoms with van der Waals surface area (Å²) >= 11 is 0. The number of phosphoric acid groups is 3. The van der Waals surface area contributed by atoms with Crippen LogP contribution in [0.15, 0.2) is 0 Å². The van der Waals surface area contributed by atoms with E-state index in [0.717, 1.165) is 19.6 Å². The lowest BCUT2D eigenvalue weighted by Gasteiger charge is -2.44. The number of halogens is 14. The quantitative estimate of drug-likeness (QED) is 0.143. The first kappa shape index (κ1) is 50.0. The highest BCUT2D eigenvalue weighted by Gasteiger charge is 3.01. The van der Waals surface area contributed by atoms with Gasteiger partial charge < -0.3 is 12.6 Å². The van der Waals surface area contributed by atoms with Crippen molar-refractivity contribution < 1.29 is 115 Å². The van der Waals surface area contributed by atoms with E-state index >= 15 is 0 Å². The summed E-state index contributed by atoms with van der Waals surface area (Å²) in [6.07, 6.45) is -32.7. The summed E-state index contributed by atoms with van der Waals surface area (Å²) in [7, 11) is -21.5. The number of hydrogen-bond donors (Lipinski definition) is 0. The van der Waals surface area contributed by atoms with Gasteiger partial charge in [0, 0.05) is 6.42 Å². The molecule has 32 heteroatoms. The van der Waals surface area contributed by atoms with Crippen molar-refractivity contribution in [2.24, 2.45) is 0 Å². The molecule has 3 saturated heterocycles. The van der Waals surface area contributed by atoms with Crippen LogP contribution in [0.5, 0.6) is 0 Å². The van der Waals surface area contributed by atoms with Gasteiger partial charge in [-0.2, -0.15) is 52.7 Å². The zero-order valence-electron chi connectivity index (χ0n) is 28.3. The molecule has 0 aromatic rings. The van der Waals surface area contributed by atoms with Gasteiger partial charge in [0.15, 0.2) is 25.0 Å². The Morgan fingerprint density at radius 1 is 0.519 bits per heavy atom. The third kappa shape index (κ3) is 12.5. The van der Waals surface area contributed by atoms with Crippen LogP contribution < -0.4 is 0 Å². The summed E-state index contributed by atoms with van der Waals surface area (Å²) in [5.41, 5.74) is -14.2. The second-order valence-corrected chi connectivity index (χ2v) is 32.3. The predicted octanol–water partition coefficient (Wildman–Crippen LogP) is 10.7. The van der Waals surface area contributed by atoms with Gasteiger partial charge in [-0.15, -0.1) is 0 Å². The monoisotopic (exact) mass is 910 g/mol. The Balaban J connectivity index is 0.000000445. The molecule has 3 aliphatic heterocycles. The van der Waals surface area contributed by atoms with Gasteiger partial charge in [-0.3, -0.25) is 22.6 Å². The van der Waals surface area contributed by atoms with Gasteiger partial charge in [0.1, 0.15) is 6.61 Å². The van der Waals surface area contributed by atoms with Crippen molar-refractivity contribution in [1.29, 1.82) is 0 Å². The van der Waals surface area contributed by atoms with E-state index < -0.39 is 97.0 Å². The van der Waals surface area contributed by atoms with Crippen molar-refractivity contribution in [2.75, 3.05) is 13.2 Å². The third-order valence-electron chi connectivity index (χ3n) is 5.19. The molecule has 0 aromatic heterocycles. The first-order chi connectivity index (χ1) is 22.5. The van der Waals surface area contributed by atoms with Crippen LogP contribution in [0, 0.1) is 0 Å². The SMILES string of the molecule is C[Si](C)(C)OP1(=O)OC(C(F)(F)F)(C(F)(F)F)C(C(F)(F)F)(C(F)(F)F)O1.C[Si](C)(C)OP1(=O)OCC(F)O1.C[Si](C)(C)OP1(=O)OCCC(F)O1. The zero-order chi connectivity index (χ0) is 41.6. The fourth-order valence-electron chi connectivity index (χ4n) is 3.78. The average molecular weight is 911 g/mol. The van der Waals surface area contributed by atoms with Crippen LogP contribution in [0.1, 0.15) is 6.42 Å². The molecule has 3 heterocycles. The molecular weight excluding hydrogens is 875 g/mol. The van der Waals surface area contributed by atoms with Crippen molar-refractivity contribution >= 4 is 48.4 Å². The number of phosphoric ester groups is 3. The van der Waals surface area contributed by atoms with E-state index in [1.165, 1.54) is 0 Å². The van der Waals surface area contributed by atoms with E-state index in [1.54, 1.807) is 0 Å². The Morgan fingerprint density at radius 2 is 0.808 bits per heavy atom. The molecule has 12 nitrogen and oxygen atoms in total. The van der Waals surface area contributed by atoms with Crippen LogP contribution in [0.25, 0.3) is 0 Å². The number of hydrogen-bond acceptors (Lipinski definition) is 12. The second kappa shape index (κ2) is 15.7. The fourth-order valence-corrected chi connectivity index (χ4v) is 15.8. The van der Waals surface area contributed by atoms with Crippen LogP contribution in [-0.4, -0.2) is 86.8 Å². The van der Waals surface area contributed by atoms with Crippen LogP contribution >= 0.6 is 23.5 Å². The Morgan fingerprint density at radius 3 is 1.06 bits per heavy atom. The highest BCUT2D eigenvalue weighted by molar-refractivity contribution is 7.51. The van der Waals surface area contributed by atoms with E-state index in [-0.39, 0.29) is 19.6 Å². The summed E-state index contributed by atoms with van der Waals surface area (Å²) < 4.78 is 257. The normalized spacial score (nSPS) is 29.8. The molecule has 0 saturated carbocycles. The molecule has 0 aliphatic carbocycles. The molecule has 52 heavy (non-hydrogen) atoms. The van der Waals surface area contributed by atoms with E-state index in [0.29, 0.717) is 0 Å². The maximum absolute atomic E-state index is 13.2. The molecule has 0 N–H and O–H groups in total. The van der Waals surface area contributed by atoms with E-state index in [2.05, 4.69) is 26.8 Å². The third-order valence-corrected chi connectivity index (χ3v) is 17.4. The molecule has 4 unspecified atom stereocenters. The Labute approximate surface area is 290 Å². The Kier molecular flexibility index (Phi) is 15.1. The summed E-state index contributed by atoms with van der Waals surface area (Å²) in [5.74, 6) is 0. The first-order valence-electron chi connectivity index (χ1n) is 14.0. The summed E-state index contributed by atoms with van der Waals surface area (Å²) in [5, 5.41) is 0. The summed E-state index contributed by atoms with van der Waals surface area (Å²) in [4.78, 5) is 0. The van der Waals surface area contributed by atoms with Gasteiger partial charge in [-0.1, -0.05) is 0 Å². The number of alkyl halides is 14. The fraction of sp³-hybridized carbons (Fsp3) is 1.00. The standard InChI is InChI=1S/C9H9F12O4PSi.C6H14FO4PSi.C5H12FO4PSi/c1-27(2,3)25-26(22)23-4(6(10,11)12,7(13,14)15)5(24-26,8(16,17)18)9(19,20)21;1-13(2,3)11-12(8)9-5-4-6(7)10-12;1-12(2,3)10-11(7)8-4-5(6)9-11/h1-3H3;6H,4-5H2,1-3H3;5H,4H2,1-3H3. The molecule has 4 atom stereocenters. The first-order valence-corrected chi connectivity index (χ1v) is 28.6. The maximum Gasteiger partial charge on any atom is 0.467 e. The van der Waals surface area contributed by atoms with Gasteiger partial charge in [0.25, 0.3) is 0 Å². The summed E-state index contributed by atoms with van der Waals surface area (Å²) in [6, 6.07) is 0. The van der Waals surface area contributed by atoms with Gasteiger partial charge in [0.2, 0.25) is 12.7 Å². The van der Waals surface area contributed by atoms with Gasteiger partial charge >= 0.3 is 59.4 Å². The maximum atomic E-state index is 13.2. The molecule has 0 bridgehead atoms.